The number of hydrogen-bond donors (Lipinski definition) is 2. The number of primary amides is 1. The number of likely N-dealkylation sites (tertiary alicyclic amines) is 1. The maximum absolute atomic E-state index is 14.2. The Balaban J connectivity index is 1.53. The van der Waals surface area contributed by atoms with Gasteiger partial charge in [0.15, 0.2) is 28.0 Å². The number of fused-ring (bicyclic) bond motifs is 1. The van der Waals surface area contributed by atoms with Crippen LogP contribution in [-0.4, -0.2) is 39.4 Å². The number of nitrogens with one attached hydrogen (secondary N) is 1. The molecule has 0 radical (unpaired) electrons. The Kier molecular flexibility index (Phi) is 5.63. The standard InChI is InChI=1S/C20H20F4N4O2S/c21-11-6-12(22)18(24)16(17(11)23)10-5-14-13(26-20(31)28(14)8-10)7-15(29)27-3-1-9(2-4-27)19(25)30/h6,9-10H,1-5,7-8H2,(H2,25,30)(H,26,31)/t10-/m0/s1. The third-order valence-corrected chi connectivity index (χ3v) is 6.47. The number of piperidine rings is 1. The molecule has 31 heavy (non-hydrogen) atoms. The molecule has 4 rings (SSSR count). The highest BCUT2D eigenvalue weighted by Crippen LogP contribution is 2.36. The molecule has 2 aliphatic rings. The molecule has 6 nitrogen and oxygen atoms in total. The van der Waals surface area contributed by atoms with Crippen LogP contribution in [0.2, 0.25) is 0 Å². The van der Waals surface area contributed by atoms with Gasteiger partial charge in [0.1, 0.15) is 0 Å². The van der Waals surface area contributed by atoms with Crippen molar-refractivity contribution in [2.75, 3.05) is 13.1 Å². The van der Waals surface area contributed by atoms with Crippen LogP contribution < -0.4 is 5.73 Å². The van der Waals surface area contributed by atoms with Crippen LogP contribution in [0.1, 0.15) is 35.7 Å². The summed E-state index contributed by atoms with van der Waals surface area (Å²) in [6.07, 6.45) is 1.06. The van der Waals surface area contributed by atoms with Crippen molar-refractivity contribution >= 4 is 24.0 Å². The van der Waals surface area contributed by atoms with Crippen molar-refractivity contribution in [3.8, 4) is 0 Å². The van der Waals surface area contributed by atoms with Crippen LogP contribution in [0.15, 0.2) is 6.07 Å². The van der Waals surface area contributed by atoms with E-state index in [9.17, 15) is 27.2 Å². The maximum atomic E-state index is 14.2. The number of imidazole rings is 1. The van der Waals surface area contributed by atoms with Gasteiger partial charge in [0, 0.05) is 54.5 Å². The van der Waals surface area contributed by atoms with Gasteiger partial charge in [-0.15, -0.1) is 0 Å². The number of carbonyl (C=O) groups excluding carboxylic acids is 2. The van der Waals surface area contributed by atoms with E-state index >= 15 is 0 Å². The predicted molar refractivity (Wildman–Crippen MR) is 105 cm³/mol. The molecular weight excluding hydrogens is 436 g/mol. The van der Waals surface area contributed by atoms with Crippen LogP contribution in [0.25, 0.3) is 0 Å². The first-order valence-electron chi connectivity index (χ1n) is 9.87. The Labute approximate surface area is 180 Å². The van der Waals surface area contributed by atoms with Gasteiger partial charge in [-0.3, -0.25) is 9.59 Å². The van der Waals surface area contributed by atoms with Crippen molar-refractivity contribution in [2.24, 2.45) is 11.7 Å². The van der Waals surface area contributed by atoms with Crippen molar-refractivity contribution in [1.29, 1.82) is 0 Å². The van der Waals surface area contributed by atoms with Crippen LogP contribution in [-0.2, 0) is 29.0 Å². The number of aromatic nitrogens is 2. The Morgan fingerprint density at radius 2 is 1.74 bits per heavy atom. The summed E-state index contributed by atoms with van der Waals surface area (Å²) in [6, 6.07) is 0.182. The average molecular weight is 456 g/mol. The smallest absolute Gasteiger partial charge is 0.228 e. The van der Waals surface area contributed by atoms with E-state index in [2.05, 4.69) is 4.98 Å². The molecule has 2 aromatic rings. The van der Waals surface area contributed by atoms with Gasteiger partial charge in [0.05, 0.1) is 6.42 Å². The van der Waals surface area contributed by atoms with E-state index in [-0.39, 0.29) is 48.0 Å². The summed E-state index contributed by atoms with van der Waals surface area (Å²) in [6.45, 7) is 0.856. The van der Waals surface area contributed by atoms with Crippen LogP contribution in [0.5, 0.6) is 0 Å². The number of H-pyrrole nitrogens is 1. The molecule has 0 bridgehead atoms. The van der Waals surface area contributed by atoms with Gasteiger partial charge in [-0.2, -0.15) is 0 Å². The van der Waals surface area contributed by atoms with Crippen LogP contribution in [0, 0.1) is 34.0 Å². The topological polar surface area (TPSA) is 84.1 Å². The molecule has 0 spiro atoms. The number of nitrogens with zero attached hydrogens (tertiary/aromatic N) is 2. The van der Waals surface area contributed by atoms with Crippen molar-refractivity contribution in [3.63, 3.8) is 0 Å². The van der Waals surface area contributed by atoms with Crippen molar-refractivity contribution in [3.05, 3.63) is 51.1 Å². The summed E-state index contributed by atoms with van der Waals surface area (Å²) in [5, 5.41) is 0. The molecule has 11 heteroatoms. The van der Waals surface area contributed by atoms with Crippen molar-refractivity contribution in [2.45, 2.75) is 38.1 Å². The van der Waals surface area contributed by atoms with Crippen LogP contribution in [0.3, 0.4) is 0 Å². The summed E-state index contributed by atoms with van der Waals surface area (Å²) in [4.78, 5) is 28.6. The number of amides is 2. The molecule has 1 atom stereocenters. The SMILES string of the molecule is NC(=O)C1CCN(C(=O)Cc2[nH]c(=S)n3c2C[C@H](c2c(F)c(F)cc(F)c2F)C3)CC1. The zero-order valence-electron chi connectivity index (χ0n) is 16.4. The lowest BCUT2D eigenvalue weighted by atomic mass is 9.94. The molecule has 0 aliphatic carbocycles. The van der Waals surface area contributed by atoms with E-state index < -0.39 is 34.8 Å². The van der Waals surface area contributed by atoms with Gasteiger partial charge >= 0.3 is 0 Å². The molecular formula is C20H20F4N4O2S. The highest BCUT2D eigenvalue weighted by atomic mass is 32.1. The largest absolute Gasteiger partial charge is 0.369 e. The fourth-order valence-corrected chi connectivity index (χ4v) is 4.77. The lowest BCUT2D eigenvalue weighted by Crippen LogP contribution is -2.42. The minimum absolute atomic E-state index is 0.0115. The van der Waals surface area contributed by atoms with Gasteiger partial charge in [-0.1, -0.05) is 0 Å². The highest BCUT2D eigenvalue weighted by Gasteiger charge is 2.34. The maximum Gasteiger partial charge on any atom is 0.228 e. The van der Waals surface area contributed by atoms with E-state index in [4.69, 9.17) is 18.0 Å². The van der Waals surface area contributed by atoms with Gasteiger partial charge in [-0.05, 0) is 31.5 Å². The zero-order chi connectivity index (χ0) is 22.4. The third kappa shape index (κ3) is 3.86. The van der Waals surface area contributed by atoms with E-state index in [1.807, 2.05) is 0 Å². The highest BCUT2D eigenvalue weighted by molar-refractivity contribution is 7.71. The summed E-state index contributed by atoms with van der Waals surface area (Å²) < 4.78 is 57.7. The number of benzene rings is 1. The molecule has 2 amide bonds. The zero-order valence-corrected chi connectivity index (χ0v) is 17.2. The third-order valence-electron chi connectivity index (χ3n) is 6.15. The number of hydrogen-bond acceptors (Lipinski definition) is 3. The number of nitrogens with two attached hydrogens (primary N) is 1. The van der Waals surface area contributed by atoms with Crippen LogP contribution in [0.4, 0.5) is 17.6 Å². The van der Waals surface area contributed by atoms with E-state index in [1.165, 1.54) is 0 Å². The minimum Gasteiger partial charge on any atom is -0.369 e. The number of aromatic amines is 1. The first-order chi connectivity index (χ1) is 14.7. The molecule has 0 unspecified atom stereocenters. The summed E-state index contributed by atoms with van der Waals surface area (Å²) >= 11 is 5.27. The lowest BCUT2D eigenvalue weighted by Gasteiger charge is -2.30. The molecule has 1 aromatic heterocycles. The monoisotopic (exact) mass is 456 g/mol. The molecule has 0 saturated carbocycles. The Bertz CT molecular complexity index is 1100. The normalized spacial score (nSPS) is 19.0. The summed E-state index contributed by atoms with van der Waals surface area (Å²) in [5.41, 5.74) is 5.75. The second-order valence-electron chi connectivity index (χ2n) is 7.98. The summed E-state index contributed by atoms with van der Waals surface area (Å²) in [5.74, 6) is -7.39. The van der Waals surface area contributed by atoms with Crippen molar-refractivity contribution in [1.82, 2.24) is 14.5 Å². The molecule has 3 heterocycles. The van der Waals surface area contributed by atoms with Gasteiger partial charge in [0.2, 0.25) is 11.8 Å². The predicted octanol–water partition coefficient (Wildman–Crippen LogP) is 2.71. The molecule has 3 N–H and O–H groups in total. The fourth-order valence-electron chi connectivity index (χ4n) is 4.47. The van der Waals surface area contributed by atoms with Crippen molar-refractivity contribution < 1.29 is 27.2 Å². The first kappa shape index (κ1) is 21.5. The Hall–Kier alpha value is -2.69. The summed E-state index contributed by atoms with van der Waals surface area (Å²) in [7, 11) is 0. The van der Waals surface area contributed by atoms with Gasteiger partial charge in [-0.25, -0.2) is 17.6 Å². The Morgan fingerprint density at radius 3 is 2.32 bits per heavy atom. The van der Waals surface area contributed by atoms with Gasteiger partial charge in [0.25, 0.3) is 0 Å². The second kappa shape index (κ2) is 8.10. The first-order valence-corrected chi connectivity index (χ1v) is 10.3. The lowest BCUT2D eigenvalue weighted by molar-refractivity contribution is -0.134. The molecule has 1 saturated heterocycles. The van der Waals surface area contributed by atoms with E-state index in [0.29, 0.717) is 37.3 Å². The molecule has 1 aromatic carbocycles. The second-order valence-corrected chi connectivity index (χ2v) is 8.37. The van der Waals surface area contributed by atoms with E-state index in [1.54, 1.807) is 9.47 Å². The average Bonchev–Trinajstić information content (AvgIpc) is 3.28. The molecule has 2 aliphatic heterocycles. The Morgan fingerprint density at radius 1 is 1.13 bits per heavy atom. The number of rotatable bonds is 4. The number of halogens is 4. The molecule has 166 valence electrons. The van der Waals surface area contributed by atoms with Crippen LogP contribution >= 0.6 is 12.2 Å². The fraction of sp³-hybridized carbons (Fsp3) is 0.450. The quantitative estimate of drug-likeness (QED) is 0.422. The molecule has 1 fully saturated rings. The van der Waals surface area contributed by atoms with E-state index in [0.717, 1.165) is 0 Å². The number of carbonyl (C=O) groups is 2. The van der Waals surface area contributed by atoms with Gasteiger partial charge < -0.3 is 20.2 Å². The minimum atomic E-state index is -1.45.